The average Bonchev–Trinajstić information content (AvgIpc) is 2.05. The van der Waals surface area contributed by atoms with Crippen molar-refractivity contribution >= 4 is 0 Å². The van der Waals surface area contributed by atoms with Crippen LogP contribution >= 0.6 is 0 Å². The monoisotopic (exact) mass is 203 g/mol. The number of hydrogen-bond acceptors (Lipinski definition) is 2. The van der Waals surface area contributed by atoms with Crippen LogP contribution in [0.1, 0.15) is 48.0 Å². The van der Waals surface area contributed by atoms with E-state index in [0.29, 0.717) is 18.2 Å². The largest absolute Gasteiger partial charge is 0.376 e. The van der Waals surface area contributed by atoms with E-state index in [1.165, 1.54) is 0 Å². The molecule has 0 aromatic carbocycles. The van der Waals surface area contributed by atoms with Gasteiger partial charge >= 0.3 is 0 Å². The second-order valence-electron chi connectivity index (χ2n) is 4.04. The minimum absolute atomic E-state index is 0.342. The first kappa shape index (κ1) is 16.4. The Balaban J connectivity index is 0. The van der Waals surface area contributed by atoms with E-state index >= 15 is 0 Å². The van der Waals surface area contributed by atoms with Crippen LogP contribution in [0.2, 0.25) is 0 Å². The van der Waals surface area contributed by atoms with Gasteiger partial charge in [-0.05, 0) is 48.2 Å². The zero-order chi connectivity index (χ0) is 11.7. The lowest BCUT2D eigenvalue weighted by Crippen LogP contribution is -2.29. The van der Waals surface area contributed by atoms with Gasteiger partial charge in [0.1, 0.15) is 0 Å². The summed E-state index contributed by atoms with van der Waals surface area (Å²) in [5, 5.41) is 0. The minimum atomic E-state index is 0.342. The molecule has 0 radical (unpaired) electrons. The number of nitrogens with zero attached hydrogens (tertiary/aromatic N) is 1. The van der Waals surface area contributed by atoms with E-state index in [-0.39, 0.29) is 0 Å². The van der Waals surface area contributed by atoms with Gasteiger partial charge in [0.25, 0.3) is 0 Å². The van der Waals surface area contributed by atoms with E-state index in [0.717, 1.165) is 6.42 Å². The summed E-state index contributed by atoms with van der Waals surface area (Å²) in [6, 6.07) is 0.596. The van der Waals surface area contributed by atoms with Crippen molar-refractivity contribution in [2.75, 3.05) is 14.1 Å². The summed E-state index contributed by atoms with van der Waals surface area (Å²) in [7, 11) is 4.21. The Kier molecular flexibility index (Phi) is 11.1. The molecule has 0 rings (SSSR count). The fourth-order valence-corrected chi connectivity index (χ4v) is 1.21. The lowest BCUT2D eigenvalue weighted by molar-refractivity contribution is 0.00364. The first-order chi connectivity index (χ1) is 6.43. The summed E-state index contributed by atoms with van der Waals surface area (Å²) in [6.07, 6.45) is 1.81. The third-order valence-corrected chi connectivity index (χ3v) is 2.06. The summed E-state index contributed by atoms with van der Waals surface area (Å²) in [6.45, 7) is 12.5. The highest BCUT2D eigenvalue weighted by Crippen LogP contribution is 2.07. The van der Waals surface area contributed by atoms with Crippen LogP contribution in [0.25, 0.3) is 0 Å². The molecule has 0 aliphatic carbocycles. The highest BCUT2D eigenvalue weighted by molar-refractivity contribution is 4.64. The summed E-state index contributed by atoms with van der Waals surface area (Å²) < 4.78 is 5.64. The molecule has 2 unspecified atom stereocenters. The third kappa shape index (κ3) is 10.0. The minimum Gasteiger partial charge on any atom is -0.376 e. The summed E-state index contributed by atoms with van der Waals surface area (Å²) in [5.74, 6) is 0. The SMILES string of the molecule is CC.CC(C)OC(C)CC(C)N(C)C. The van der Waals surface area contributed by atoms with E-state index in [9.17, 15) is 0 Å². The van der Waals surface area contributed by atoms with Crippen molar-refractivity contribution < 1.29 is 4.74 Å². The van der Waals surface area contributed by atoms with Crippen LogP contribution in [-0.2, 0) is 4.74 Å². The van der Waals surface area contributed by atoms with Gasteiger partial charge in [-0.1, -0.05) is 13.8 Å². The predicted molar refractivity (Wildman–Crippen MR) is 64.8 cm³/mol. The van der Waals surface area contributed by atoms with Crippen LogP contribution in [0, 0.1) is 0 Å². The van der Waals surface area contributed by atoms with E-state index in [1.807, 2.05) is 13.8 Å². The van der Waals surface area contributed by atoms with Crippen molar-refractivity contribution in [3.05, 3.63) is 0 Å². The predicted octanol–water partition coefficient (Wildman–Crippen LogP) is 3.17. The molecular weight excluding hydrogens is 174 g/mol. The molecular formula is C12H29NO. The maximum absolute atomic E-state index is 5.64. The van der Waals surface area contributed by atoms with Crippen LogP contribution in [0.15, 0.2) is 0 Å². The highest BCUT2D eigenvalue weighted by atomic mass is 16.5. The molecule has 88 valence electrons. The number of rotatable bonds is 5. The molecule has 0 aromatic rings. The van der Waals surface area contributed by atoms with Gasteiger partial charge in [0.15, 0.2) is 0 Å². The smallest absolute Gasteiger partial charge is 0.0565 e. The second-order valence-corrected chi connectivity index (χ2v) is 4.04. The van der Waals surface area contributed by atoms with E-state index in [2.05, 4.69) is 46.7 Å². The quantitative estimate of drug-likeness (QED) is 0.680. The molecule has 0 saturated heterocycles. The number of hydrogen-bond donors (Lipinski definition) is 0. The standard InChI is InChI=1S/C10H23NO.C2H6/c1-8(2)12-10(4)7-9(3)11(5)6;1-2/h8-10H,7H2,1-6H3;1-2H3. The Morgan fingerprint density at radius 2 is 1.43 bits per heavy atom. The first-order valence-electron chi connectivity index (χ1n) is 5.75. The molecule has 0 aromatic heterocycles. The molecule has 2 nitrogen and oxygen atoms in total. The maximum Gasteiger partial charge on any atom is 0.0565 e. The Hall–Kier alpha value is -0.0800. The molecule has 0 bridgehead atoms. The van der Waals surface area contributed by atoms with Gasteiger partial charge in [-0.3, -0.25) is 0 Å². The van der Waals surface area contributed by atoms with Gasteiger partial charge in [0.05, 0.1) is 12.2 Å². The van der Waals surface area contributed by atoms with Crippen molar-refractivity contribution in [3.63, 3.8) is 0 Å². The highest BCUT2D eigenvalue weighted by Gasteiger charge is 2.11. The van der Waals surface area contributed by atoms with Crippen molar-refractivity contribution in [1.82, 2.24) is 4.90 Å². The Morgan fingerprint density at radius 3 is 1.71 bits per heavy atom. The van der Waals surface area contributed by atoms with Crippen molar-refractivity contribution in [1.29, 1.82) is 0 Å². The molecule has 2 atom stereocenters. The normalized spacial score (nSPS) is 15.0. The molecule has 0 aliphatic heterocycles. The van der Waals surface area contributed by atoms with Crippen LogP contribution in [0.4, 0.5) is 0 Å². The molecule has 0 aliphatic rings. The first-order valence-corrected chi connectivity index (χ1v) is 5.75. The molecule has 0 N–H and O–H groups in total. The molecule has 0 heterocycles. The lowest BCUT2D eigenvalue weighted by atomic mass is 10.1. The summed E-state index contributed by atoms with van der Waals surface area (Å²) >= 11 is 0. The van der Waals surface area contributed by atoms with E-state index in [1.54, 1.807) is 0 Å². The zero-order valence-corrected chi connectivity index (χ0v) is 11.3. The maximum atomic E-state index is 5.64. The molecule has 14 heavy (non-hydrogen) atoms. The van der Waals surface area contributed by atoms with Crippen LogP contribution in [0.3, 0.4) is 0 Å². The Labute approximate surface area is 90.6 Å². The van der Waals surface area contributed by atoms with Gasteiger partial charge in [-0.15, -0.1) is 0 Å². The lowest BCUT2D eigenvalue weighted by Gasteiger charge is -2.24. The van der Waals surface area contributed by atoms with Crippen molar-refractivity contribution in [2.24, 2.45) is 0 Å². The van der Waals surface area contributed by atoms with Gasteiger partial charge < -0.3 is 9.64 Å². The third-order valence-electron chi connectivity index (χ3n) is 2.06. The summed E-state index contributed by atoms with van der Waals surface area (Å²) in [4.78, 5) is 2.22. The van der Waals surface area contributed by atoms with Gasteiger partial charge in [-0.25, -0.2) is 0 Å². The van der Waals surface area contributed by atoms with Gasteiger partial charge in [0.2, 0.25) is 0 Å². The zero-order valence-electron chi connectivity index (χ0n) is 11.3. The summed E-state index contributed by atoms with van der Waals surface area (Å²) in [5.41, 5.74) is 0. The van der Waals surface area contributed by atoms with Gasteiger partial charge in [-0.2, -0.15) is 0 Å². The van der Waals surface area contributed by atoms with Crippen LogP contribution in [0.5, 0.6) is 0 Å². The van der Waals surface area contributed by atoms with Gasteiger partial charge in [0, 0.05) is 6.04 Å². The van der Waals surface area contributed by atoms with Crippen molar-refractivity contribution in [3.8, 4) is 0 Å². The van der Waals surface area contributed by atoms with E-state index in [4.69, 9.17) is 4.74 Å². The average molecular weight is 203 g/mol. The van der Waals surface area contributed by atoms with Crippen molar-refractivity contribution in [2.45, 2.75) is 66.2 Å². The second kappa shape index (κ2) is 9.47. The molecule has 2 heteroatoms. The molecule has 0 saturated carbocycles. The fraction of sp³-hybridized carbons (Fsp3) is 1.00. The topological polar surface area (TPSA) is 12.5 Å². The molecule has 0 spiro atoms. The Morgan fingerprint density at radius 1 is 1.00 bits per heavy atom. The van der Waals surface area contributed by atoms with E-state index < -0.39 is 0 Å². The molecule has 0 amide bonds. The fourth-order valence-electron chi connectivity index (χ4n) is 1.21. The molecule has 0 fully saturated rings. The number of ether oxygens (including phenoxy) is 1. The van der Waals surface area contributed by atoms with Crippen LogP contribution < -0.4 is 0 Å². The Bertz CT molecular complexity index is 113. The van der Waals surface area contributed by atoms with Crippen LogP contribution in [-0.4, -0.2) is 37.2 Å².